The Morgan fingerprint density at radius 3 is 3.11 bits per heavy atom. The molecule has 2 aliphatic rings. The van der Waals surface area contributed by atoms with E-state index in [1.54, 1.807) is 7.11 Å². The molecule has 96 valence electrons. The quantitative estimate of drug-likeness (QED) is 0.696. The molecule has 0 N–H and O–H groups in total. The zero-order valence-corrected chi connectivity index (χ0v) is 10.3. The Morgan fingerprint density at radius 1 is 1.50 bits per heavy atom. The van der Waals surface area contributed by atoms with Crippen molar-refractivity contribution < 1.29 is 14.3 Å². The van der Waals surface area contributed by atoms with Crippen molar-refractivity contribution in [2.75, 3.05) is 20.3 Å². The van der Waals surface area contributed by atoms with E-state index in [9.17, 15) is 4.79 Å². The summed E-state index contributed by atoms with van der Waals surface area (Å²) in [5.41, 5.74) is 2.01. The number of hydrogen-bond acceptors (Lipinski definition) is 6. The van der Waals surface area contributed by atoms with Gasteiger partial charge in [0.2, 0.25) is 5.88 Å². The lowest BCUT2D eigenvalue weighted by Gasteiger charge is -2.31. The molecule has 0 radical (unpaired) electrons. The highest BCUT2D eigenvalue weighted by atomic mass is 16.5. The van der Waals surface area contributed by atoms with Crippen molar-refractivity contribution in [3.8, 4) is 5.88 Å². The summed E-state index contributed by atoms with van der Waals surface area (Å²) in [6.45, 7) is 2.00. The topological polar surface area (TPSA) is 64.6 Å². The Morgan fingerprint density at radius 2 is 2.39 bits per heavy atom. The summed E-state index contributed by atoms with van der Waals surface area (Å²) in [6, 6.07) is -0.122. The van der Waals surface area contributed by atoms with Gasteiger partial charge in [0.25, 0.3) is 0 Å². The maximum absolute atomic E-state index is 11.6. The summed E-state index contributed by atoms with van der Waals surface area (Å²) in [6.07, 6.45) is 3.11. The lowest BCUT2D eigenvalue weighted by atomic mass is 10.0. The van der Waals surface area contributed by atoms with Gasteiger partial charge in [0, 0.05) is 31.5 Å². The SMILES string of the molecule is COc1ncnc2c1CN([C@@H]1CCOC1=O)CC2. The molecule has 0 aliphatic carbocycles. The largest absolute Gasteiger partial charge is 0.481 e. The Labute approximate surface area is 105 Å². The normalized spacial score (nSPS) is 23.6. The monoisotopic (exact) mass is 249 g/mol. The molecule has 1 fully saturated rings. The third-order valence-electron chi connectivity index (χ3n) is 3.53. The van der Waals surface area contributed by atoms with E-state index in [0.29, 0.717) is 19.0 Å². The third-order valence-corrected chi connectivity index (χ3v) is 3.53. The highest BCUT2D eigenvalue weighted by molar-refractivity contribution is 5.77. The zero-order valence-electron chi connectivity index (χ0n) is 10.3. The number of esters is 1. The number of fused-ring (bicyclic) bond motifs is 1. The average molecular weight is 249 g/mol. The molecule has 1 saturated heterocycles. The standard InChI is InChI=1S/C12H15N3O3/c1-17-11-8-6-15(10-3-5-18-12(10)16)4-2-9(8)13-7-14-11/h7,10H,2-6H2,1H3/t10-/m1/s1. The van der Waals surface area contributed by atoms with Crippen LogP contribution < -0.4 is 4.74 Å². The predicted octanol–water partition coefficient (Wildman–Crippen LogP) is 0.159. The molecule has 1 atom stereocenters. The van der Waals surface area contributed by atoms with Gasteiger partial charge in [0.05, 0.1) is 19.4 Å². The first-order chi connectivity index (χ1) is 8.79. The van der Waals surface area contributed by atoms with E-state index in [-0.39, 0.29) is 12.0 Å². The second-order valence-electron chi connectivity index (χ2n) is 4.50. The van der Waals surface area contributed by atoms with Crippen LogP contribution >= 0.6 is 0 Å². The summed E-state index contributed by atoms with van der Waals surface area (Å²) in [5, 5.41) is 0. The van der Waals surface area contributed by atoms with Crippen LogP contribution in [0.25, 0.3) is 0 Å². The van der Waals surface area contributed by atoms with E-state index >= 15 is 0 Å². The fourth-order valence-electron chi connectivity index (χ4n) is 2.60. The van der Waals surface area contributed by atoms with Crippen LogP contribution in [0.3, 0.4) is 0 Å². The zero-order chi connectivity index (χ0) is 12.5. The third kappa shape index (κ3) is 1.82. The van der Waals surface area contributed by atoms with Gasteiger partial charge < -0.3 is 9.47 Å². The summed E-state index contributed by atoms with van der Waals surface area (Å²) in [5.74, 6) is 0.491. The minimum absolute atomic E-state index is 0.116. The Balaban J connectivity index is 1.85. The molecule has 3 heterocycles. The number of nitrogens with zero attached hydrogens (tertiary/aromatic N) is 3. The first-order valence-corrected chi connectivity index (χ1v) is 6.07. The number of ether oxygens (including phenoxy) is 2. The van der Waals surface area contributed by atoms with Crippen molar-refractivity contribution in [1.29, 1.82) is 0 Å². The van der Waals surface area contributed by atoms with Gasteiger partial charge in [0.1, 0.15) is 12.4 Å². The molecular weight excluding hydrogens is 234 g/mol. The molecule has 0 amide bonds. The first kappa shape index (κ1) is 11.4. The van der Waals surface area contributed by atoms with E-state index in [1.165, 1.54) is 6.33 Å². The van der Waals surface area contributed by atoms with Crippen LogP contribution in [0, 0.1) is 0 Å². The van der Waals surface area contributed by atoms with Crippen LogP contribution in [0.2, 0.25) is 0 Å². The van der Waals surface area contributed by atoms with Gasteiger partial charge >= 0.3 is 5.97 Å². The molecule has 0 saturated carbocycles. The van der Waals surface area contributed by atoms with Crippen molar-refractivity contribution >= 4 is 5.97 Å². The number of carbonyl (C=O) groups excluding carboxylic acids is 1. The van der Waals surface area contributed by atoms with E-state index in [1.807, 2.05) is 0 Å². The molecule has 18 heavy (non-hydrogen) atoms. The maximum Gasteiger partial charge on any atom is 0.323 e. The maximum atomic E-state index is 11.6. The lowest BCUT2D eigenvalue weighted by molar-refractivity contribution is -0.142. The second-order valence-corrected chi connectivity index (χ2v) is 4.50. The van der Waals surface area contributed by atoms with Crippen molar-refractivity contribution in [3.05, 3.63) is 17.6 Å². The molecule has 1 aromatic rings. The lowest BCUT2D eigenvalue weighted by Crippen LogP contribution is -2.42. The second kappa shape index (κ2) is 4.53. The highest BCUT2D eigenvalue weighted by Gasteiger charge is 2.35. The van der Waals surface area contributed by atoms with E-state index in [0.717, 1.165) is 30.6 Å². The first-order valence-electron chi connectivity index (χ1n) is 6.07. The Hall–Kier alpha value is -1.69. The van der Waals surface area contributed by atoms with Gasteiger partial charge in [-0.2, -0.15) is 0 Å². The van der Waals surface area contributed by atoms with E-state index in [2.05, 4.69) is 14.9 Å². The molecule has 0 spiro atoms. The number of rotatable bonds is 2. The molecule has 6 nitrogen and oxygen atoms in total. The van der Waals surface area contributed by atoms with Crippen LogP contribution in [0.4, 0.5) is 0 Å². The number of cyclic esters (lactones) is 1. The number of methoxy groups -OCH3 is 1. The van der Waals surface area contributed by atoms with Crippen LogP contribution in [0.15, 0.2) is 6.33 Å². The van der Waals surface area contributed by atoms with E-state index in [4.69, 9.17) is 9.47 Å². The summed E-state index contributed by atoms with van der Waals surface area (Å²) in [4.78, 5) is 22.1. The van der Waals surface area contributed by atoms with E-state index < -0.39 is 0 Å². The molecule has 6 heteroatoms. The number of carbonyl (C=O) groups is 1. The minimum Gasteiger partial charge on any atom is -0.481 e. The Bertz CT molecular complexity index is 463. The molecule has 1 aromatic heterocycles. The molecule has 0 bridgehead atoms. The summed E-state index contributed by atoms with van der Waals surface area (Å²) < 4.78 is 10.3. The van der Waals surface area contributed by atoms with Gasteiger partial charge in [0.15, 0.2) is 0 Å². The van der Waals surface area contributed by atoms with Crippen molar-refractivity contribution in [2.45, 2.75) is 25.4 Å². The van der Waals surface area contributed by atoms with Crippen molar-refractivity contribution in [2.24, 2.45) is 0 Å². The van der Waals surface area contributed by atoms with Crippen LogP contribution in [0.1, 0.15) is 17.7 Å². The highest BCUT2D eigenvalue weighted by Crippen LogP contribution is 2.27. The summed E-state index contributed by atoms with van der Waals surface area (Å²) in [7, 11) is 1.60. The van der Waals surface area contributed by atoms with Crippen LogP contribution in [-0.4, -0.2) is 47.1 Å². The fraction of sp³-hybridized carbons (Fsp3) is 0.583. The molecule has 0 unspecified atom stereocenters. The van der Waals surface area contributed by atoms with Gasteiger partial charge in [-0.25, -0.2) is 9.97 Å². The van der Waals surface area contributed by atoms with Crippen LogP contribution in [-0.2, 0) is 22.5 Å². The van der Waals surface area contributed by atoms with Gasteiger partial charge in [-0.05, 0) is 0 Å². The Kier molecular flexibility index (Phi) is 2.87. The van der Waals surface area contributed by atoms with Gasteiger partial charge in [-0.3, -0.25) is 9.69 Å². The van der Waals surface area contributed by atoms with Gasteiger partial charge in [-0.1, -0.05) is 0 Å². The number of hydrogen-bond donors (Lipinski definition) is 0. The number of aromatic nitrogens is 2. The minimum atomic E-state index is -0.122. The molecule has 3 rings (SSSR count). The molecule has 0 aromatic carbocycles. The van der Waals surface area contributed by atoms with Crippen molar-refractivity contribution in [3.63, 3.8) is 0 Å². The smallest absolute Gasteiger partial charge is 0.323 e. The predicted molar refractivity (Wildman–Crippen MR) is 62.1 cm³/mol. The molecular formula is C12H15N3O3. The molecule has 2 aliphatic heterocycles. The van der Waals surface area contributed by atoms with Crippen LogP contribution in [0.5, 0.6) is 5.88 Å². The summed E-state index contributed by atoms with van der Waals surface area (Å²) >= 11 is 0. The van der Waals surface area contributed by atoms with Gasteiger partial charge in [-0.15, -0.1) is 0 Å². The fourth-order valence-corrected chi connectivity index (χ4v) is 2.60. The van der Waals surface area contributed by atoms with Crippen molar-refractivity contribution in [1.82, 2.24) is 14.9 Å². The average Bonchev–Trinajstić information content (AvgIpc) is 2.83.